The Labute approximate surface area is 404 Å². The Morgan fingerprint density at radius 3 is 1.33 bits per heavy atom. The summed E-state index contributed by atoms with van der Waals surface area (Å²) in [6, 6.07) is 36.0. The summed E-state index contributed by atoms with van der Waals surface area (Å²) in [7, 11) is 14.8. The van der Waals surface area contributed by atoms with E-state index in [-0.39, 0.29) is 0 Å². The van der Waals surface area contributed by atoms with Gasteiger partial charge in [-0.2, -0.15) is 0 Å². The Balaban J connectivity index is 0.00000215. The number of nitrogens with zero attached hydrogens (tertiary/aromatic N) is 3. The van der Waals surface area contributed by atoms with Crippen molar-refractivity contribution in [1.29, 1.82) is 0 Å². The van der Waals surface area contributed by atoms with Crippen molar-refractivity contribution >= 4 is 52.9 Å². The van der Waals surface area contributed by atoms with Crippen LogP contribution >= 0.6 is 30.1 Å². The van der Waals surface area contributed by atoms with Crippen molar-refractivity contribution in [3.05, 3.63) is 131 Å². The Morgan fingerprint density at radius 1 is 0.516 bits per heavy atom. The molecular formula is C56H73Cl3CrN3O. The Kier molecular flexibility index (Phi) is 25.5. The molecule has 0 atom stereocenters. The molecule has 345 valence electrons. The first-order valence-electron chi connectivity index (χ1n) is 23.9. The Hall–Kier alpha value is -3.43. The van der Waals surface area contributed by atoms with Gasteiger partial charge in [-0.15, -0.1) is 0 Å². The van der Waals surface area contributed by atoms with Gasteiger partial charge >= 0.3 is 41.5 Å². The average molecular weight is 963 g/mol. The van der Waals surface area contributed by atoms with Gasteiger partial charge < -0.3 is 4.74 Å². The van der Waals surface area contributed by atoms with Crippen LogP contribution in [0.15, 0.2) is 113 Å². The number of halogens is 3. The van der Waals surface area contributed by atoms with Crippen molar-refractivity contribution in [2.45, 2.75) is 157 Å². The number of rotatable bonds is 26. The zero-order valence-corrected chi connectivity index (χ0v) is 43.1. The van der Waals surface area contributed by atoms with Crippen molar-refractivity contribution in [3.63, 3.8) is 0 Å². The number of aliphatic imine (C=N–C) groups is 2. The van der Waals surface area contributed by atoms with E-state index in [1.54, 1.807) is 0 Å². The monoisotopic (exact) mass is 960 g/mol. The minimum atomic E-state index is -1.62. The van der Waals surface area contributed by atoms with Crippen LogP contribution in [0.1, 0.15) is 164 Å². The van der Waals surface area contributed by atoms with E-state index in [1.165, 1.54) is 126 Å². The second-order valence-corrected chi connectivity index (χ2v) is 23.5. The zero-order chi connectivity index (χ0) is 45.9. The summed E-state index contributed by atoms with van der Waals surface area (Å²) in [5.74, 6) is 0.921. The number of ether oxygens (including phenoxy) is 1. The van der Waals surface area contributed by atoms with Gasteiger partial charge in [0.1, 0.15) is 5.75 Å². The molecule has 0 unspecified atom stereocenters. The van der Waals surface area contributed by atoms with E-state index in [1.807, 2.05) is 32.0 Å². The van der Waals surface area contributed by atoms with Crippen molar-refractivity contribution in [3.8, 4) is 28.0 Å². The van der Waals surface area contributed by atoms with E-state index >= 15 is 0 Å². The van der Waals surface area contributed by atoms with Gasteiger partial charge in [-0.05, 0) is 87.6 Å². The molecule has 5 aromatic rings. The Morgan fingerprint density at radius 2 is 0.906 bits per heavy atom. The number of benzene rings is 4. The summed E-state index contributed by atoms with van der Waals surface area (Å²) >= 11 is -1.62. The molecule has 0 aliphatic heterocycles. The van der Waals surface area contributed by atoms with Crippen LogP contribution in [0.3, 0.4) is 0 Å². The Bertz CT molecular complexity index is 2070. The van der Waals surface area contributed by atoms with Crippen molar-refractivity contribution in [1.82, 2.24) is 4.98 Å². The number of aromatic nitrogens is 1. The van der Waals surface area contributed by atoms with Gasteiger partial charge in [0.05, 0.1) is 40.8 Å². The van der Waals surface area contributed by atoms with Gasteiger partial charge in [-0.25, -0.2) is 4.98 Å². The summed E-state index contributed by atoms with van der Waals surface area (Å²) < 4.78 is 6.79. The van der Waals surface area contributed by atoms with E-state index in [0.29, 0.717) is 6.61 Å². The molecule has 64 heavy (non-hydrogen) atoms. The predicted molar refractivity (Wildman–Crippen MR) is 278 cm³/mol. The van der Waals surface area contributed by atoms with Gasteiger partial charge in [0.2, 0.25) is 0 Å². The molecule has 0 aliphatic rings. The molecule has 0 saturated heterocycles. The summed E-state index contributed by atoms with van der Waals surface area (Å²) in [6.45, 7) is 13.4. The normalized spacial score (nSPS) is 11.8. The quantitative estimate of drug-likeness (QED) is 0.0409. The minimum absolute atomic E-state index is 0.694. The molecule has 0 saturated carbocycles. The van der Waals surface area contributed by atoms with Crippen LogP contribution in [0.5, 0.6) is 5.75 Å². The van der Waals surface area contributed by atoms with E-state index in [0.717, 1.165) is 68.6 Å². The van der Waals surface area contributed by atoms with Crippen LogP contribution in [0.25, 0.3) is 22.3 Å². The molecular weight excluding hydrogens is 889 g/mol. The molecule has 0 N–H and O–H groups in total. The van der Waals surface area contributed by atoms with Gasteiger partial charge in [0.15, 0.2) is 0 Å². The number of hydrogen-bond acceptors (Lipinski definition) is 4. The van der Waals surface area contributed by atoms with Crippen molar-refractivity contribution in [2.75, 3.05) is 6.61 Å². The maximum atomic E-state index is 6.79. The molecule has 4 nitrogen and oxygen atoms in total. The standard InChI is InChI=1S/C56H73N3O.3ClH.Cr/c1-7-8-9-10-11-12-13-14-15-16-17-18-19-20-21-22-23-30-38-60-56-51(48-32-26-24-27-33-48)41-50(42-52(56)49-34-28-25-29-35-49)57-46(5)53-36-31-37-54(59-53)47(6)58-55-44(3)39-43(2)40-45(55)4;;;;/h24-29,31-37,39-42H,7-23,30,38H2,1-6H3;3*1H;/q;;;;+3/p-3. The van der Waals surface area contributed by atoms with Gasteiger partial charge in [-0.3, -0.25) is 9.98 Å². The zero-order valence-electron chi connectivity index (χ0n) is 39.5. The van der Waals surface area contributed by atoms with E-state index in [2.05, 4.69) is 113 Å². The number of unbranched alkanes of at least 4 members (excludes halogenated alkanes) is 17. The molecule has 5 rings (SSSR count). The number of pyridine rings is 1. The topological polar surface area (TPSA) is 46.8 Å². The van der Waals surface area contributed by atoms with Crippen LogP contribution in [-0.2, 0) is 11.4 Å². The van der Waals surface area contributed by atoms with Crippen LogP contribution in [-0.4, -0.2) is 23.0 Å². The van der Waals surface area contributed by atoms with Gasteiger partial charge in [0, 0.05) is 11.1 Å². The SMILES string of the molecule is CCCCCCCCCCCCCCCCCCCCOc1c(-c2ccccc2)cc(N=C(C)c2cccc(C(C)=Nc3c(C)cc(C)cc3C)n2)cc1-c1ccccc1.[Cl][Cr]([Cl])[Cl]. The third-order valence-corrected chi connectivity index (χ3v) is 11.7. The second kappa shape index (κ2) is 30.7. The van der Waals surface area contributed by atoms with Gasteiger partial charge in [0.25, 0.3) is 0 Å². The molecule has 8 heteroatoms. The second-order valence-electron chi connectivity index (χ2n) is 17.2. The van der Waals surface area contributed by atoms with Crippen LogP contribution in [0.4, 0.5) is 11.4 Å². The molecule has 1 heterocycles. The average Bonchev–Trinajstić information content (AvgIpc) is 3.28. The fourth-order valence-electron chi connectivity index (χ4n) is 8.34. The van der Waals surface area contributed by atoms with Crippen LogP contribution in [0.2, 0.25) is 0 Å². The van der Waals surface area contributed by atoms with E-state index in [9.17, 15) is 0 Å². The fourth-order valence-corrected chi connectivity index (χ4v) is 8.34. The number of hydrogen-bond donors (Lipinski definition) is 0. The molecule has 4 aromatic carbocycles. The first-order valence-corrected chi connectivity index (χ1v) is 29.1. The van der Waals surface area contributed by atoms with Crippen molar-refractivity contribution < 1.29 is 16.1 Å². The molecule has 0 fully saturated rings. The molecule has 0 aliphatic carbocycles. The van der Waals surface area contributed by atoms with Gasteiger partial charge in [-0.1, -0.05) is 201 Å². The maximum absolute atomic E-state index is 6.79. The molecule has 0 bridgehead atoms. The summed E-state index contributed by atoms with van der Waals surface area (Å²) in [6.07, 6.45) is 24.6. The van der Waals surface area contributed by atoms with Crippen molar-refractivity contribution in [2.24, 2.45) is 9.98 Å². The first-order chi connectivity index (χ1) is 31.1. The fraction of sp³-hybridized carbons (Fsp3) is 0.446. The summed E-state index contributed by atoms with van der Waals surface area (Å²) in [5, 5.41) is 0. The van der Waals surface area contributed by atoms with E-state index in [4.69, 9.17) is 49.9 Å². The number of aryl methyl sites for hydroxylation is 3. The molecule has 0 amide bonds. The molecule has 0 spiro atoms. The molecule has 1 aromatic heterocycles. The third-order valence-electron chi connectivity index (χ3n) is 11.7. The summed E-state index contributed by atoms with van der Waals surface area (Å²) in [5.41, 5.74) is 13.2. The van der Waals surface area contributed by atoms with Crippen LogP contribution < -0.4 is 4.74 Å². The van der Waals surface area contributed by atoms with Crippen LogP contribution in [0, 0.1) is 20.8 Å². The third kappa shape index (κ3) is 19.6. The first kappa shape index (κ1) is 53.2. The summed E-state index contributed by atoms with van der Waals surface area (Å²) in [4.78, 5) is 15.3. The van der Waals surface area contributed by atoms with E-state index < -0.39 is 11.4 Å². The molecule has 0 radical (unpaired) electrons. The predicted octanol–water partition coefficient (Wildman–Crippen LogP) is 19.1.